The minimum Gasteiger partial charge on any atom is -0.308 e. The van der Waals surface area contributed by atoms with E-state index < -0.39 is 0 Å². The van der Waals surface area contributed by atoms with Crippen LogP contribution >= 0.6 is 11.8 Å². The molecule has 3 aromatic rings. The third kappa shape index (κ3) is 2.01. The van der Waals surface area contributed by atoms with Gasteiger partial charge in [0.25, 0.3) is 0 Å². The molecule has 0 aliphatic carbocycles. The van der Waals surface area contributed by atoms with Crippen LogP contribution in [0.5, 0.6) is 0 Å². The van der Waals surface area contributed by atoms with Gasteiger partial charge in [-0.25, -0.2) is 10.8 Å². The maximum absolute atomic E-state index is 5.33. The Kier molecular flexibility index (Phi) is 2.83. The van der Waals surface area contributed by atoms with E-state index in [1.165, 1.54) is 11.8 Å². The van der Waals surface area contributed by atoms with Gasteiger partial charge in [0.15, 0.2) is 10.8 Å². The molecule has 0 aliphatic heterocycles. The average Bonchev–Trinajstić information content (AvgIpc) is 2.83. The molecule has 3 N–H and O–H groups in total. The molecule has 7 heteroatoms. The molecule has 3 rings (SSSR count). The van der Waals surface area contributed by atoms with Crippen LogP contribution in [0.25, 0.3) is 5.65 Å². The second-order valence-electron chi connectivity index (χ2n) is 3.53. The molecule has 0 radical (unpaired) electrons. The number of aromatic nitrogens is 4. The number of hydrogen-bond donors (Lipinski definition) is 2. The minimum absolute atomic E-state index is 0.619. The number of fused-ring (bicyclic) bond motifs is 1. The zero-order valence-electron chi connectivity index (χ0n) is 9.32. The summed E-state index contributed by atoms with van der Waals surface area (Å²) in [5.41, 5.74) is 3.34. The third-order valence-corrected chi connectivity index (χ3v) is 3.32. The van der Waals surface area contributed by atoms with E-state index in [2.05, 4.69) is 20.6 Å². The predicted octanol–water partition coefficient (Wildman–Crippen LogP) is 1.56. The Balaban J connectivity index is 1.96. The van der Waals surface area contributed by atoms with E-state index in [1.54, 1.807) is 6.20 Å². The molecule has 3 heterocycles. The Morgan fingerprint density at radius 2 is 2.17 bits per heavy atom. The fourth-order valence-electron chi connectivity index (χ4n) is 1.55. The SMILES string of the molecule is NNc1cc(Sc2nnc3ccccn23)ccn1. The van der Waals surface area contributed by atoms with Crippen molar-refractivity contribution in [3.63, 3.8) is 0 Å². The van der Waals surface area contributed by atoms with Crippen LogP contribution in [0.3, 0.4) is 0 Å². The Hall–Kier alpha value is -2.12. The number of nitrogens with zero attached hydrogens (tertiary/aromatic N) is 4. The van der Waals surface area contributed by atoms with E-state index in [1.807, 2.05) is 40.9 Å². The number of pyridine rings is 2. The third-order valence-electron chi connectivity index (χ3n) is 2.37. The van der Waals surface area contributed by atoms with E-state index in [-0.39, 0.29) is 0 Å². The lowest BCUT2D eigenvalue weighted by molar-refractivity contribution is 0.921. The first-order valence-electron chi connectivity index (χ1n) is 5.27. The van der Waals surface area contributed by atoms with Crippen LogP contribution in [0.1, 0.15) is 0 Å². The molecule has 0 aliphatic rings. The zero-order chi connectivity index (χ0) is 12.4. The summed E-state index contributed by atoms with van der Waals surface area (Å²) in [5, 5.41) is 9.05. The molecule has 3 aromatic heterocycles. The van der Waals surface area contributed by atoms with Gasteiger partial charge in [-0.15, -0.1) is 10.2 Å². The Labute approximate surface area is 107 Å². The van der Waals surface area contributed by atoms with E-state index in [9.17, 15) is 0 Å². The summed E-state index contributed by atoms with van der Waals surface area (Å²) in [5.74, 6) is 5.95. The van der Waals surface area contributed by atoms with Crippen molar-refractivity contribution in [2.24, 2.45) is 5.84 Å². The molecule has 18 heavy (non-hydrogen) atoms. The van der Waals surface area contributed by atoms with Gasteiger partial charge in [0.2, 0.25) is 0 Å². The molecule has 90 valence electrons. The largest absolute Gasteiger partial charge is 0.308 e. The number of rotatable bonds is 3. The second kappa shape index (κ2) is 4.63. The lowest BCUT2D eigenvalue weighted by Gasteiger charge is -2.02. The summed E-state index contributed by atoms with van der Waals surface area (Å²) >= 11 is 1.51. The Bertz CT molecular complexity index is 680. The van der Waals surface area contributed by atoms with Gasteiger partial charge in [0.05, 0.1) is 0 Å². The highest BCUT2D eigenvalue weighted by atomic mass is 32.2. The summed E-state index contributed by atoms with van der Waals surface area (Å²) in [7, 11) is 0. The standard InChI is InChI=1S/C11H10N6S/c12-14-9-7-8(4-5-13-9)18-11-16-15-10-3-1-2-6-17(10)11/h1-7H,12H2,(H,13,14). The highest BCUT2D eigenvalue weighted by molar-refractivity contribution is 7.99. The van der Waals surface area contributed by atoms with Crippen LogP contribution in [0, 0.1) is 0 Å². The summed E-state index contributed by atoms with van der Waals surface area (Å²) in [6, 6.07) is 9.54. The predicted molar refractivity (Wildman–Crippen MR) is 69.2 cm³/mol. The number of nitrogens with two attached hydrogens (primary N) is 1. The molecule has 0 unspecified atom stereocenters. The van der Waals surface area contributed by atoms with Crippen LogP contribution < -0.4 is 11.3 Å². The summed E-state index contributed by atoms with van der Waals surface area (Å²) < 4.78 is 1.93. The second-order valence-corrected chi connectivity index (χ2v) is 4.58. The van der Waals surface area contributed by atoms with Crippen molar-refractivity contribution in [1.29, 1.82) is 0 Å². The maximum Gasteiger partial charge on any atom is 0.200 e. The van der Waals surface area contributed by atoms with Gasteiger partial charge in [-0.05, 0) is 36.0 Å². The molecule has 0 aromatic carbocycles. The highest BCUT2D eigenvalue weighted by Gasteiger charge is 2.06. The van der Waals surface area contributed by atoms with E-state index in [4.69, 9.17) is 5.84 Å². The quantitative estimate of drug-likeness (QED) is 0.548. The van der Waals surface area contributed by atoms with Crippen LogP contribution in [0.15, 0.2) is 52.8 Å². The van der Waals surface area contributed by atoms with Gasteiger partial charge in [-0.2, -0.15) is 0 Å². The summed E-state index contributed by atoms with van der Waals surface area (Å²) in [6.07, 6.45) is 3.63. The molecule has 0 fully saturated rings. The first-order valence-corrected chi connectivity index (χ1v) is 6.09. The molecular weight excluding hydrogens is 248 g/mol. The number of anilines is 1. The molecule has 0 bridgehead atoms. The van der Waals surface area contributed by atoms with E-state index in [0.29, 0.717) is 5.82 Å². The van der Waals surface area contributed by atoms with Gasteiger partial charge in [-0.3, -0.25) is 4.40 Å². The van der Waals surface area contributed by atoms with Gasteiger partial charge >= 0.3 is 0 Å². The average molecular weight is 258 g/mol. The van der Waals surface area contributed by atoms with Crippen molar-refractivity contribution in [1.82, 2.24) is 19.6 Å². The van der Waals surface area contributed by atoms with Gasteiger partial charge in [-0.1, -0.05) is 6.07 Å². The summed E-state index contributed by atoms with van der Waals surface area (Å²) in [6.45, 7) is 0. The van der Waals surface area contributed by atoms with Crippen molar-refractivity contribution in [3.05, 3.63) is 42.7 Å². The lowest BCUT2D eigenvalue weighted by Crippen LogP contribution is -2.07. The molecule has 0 spiro atoms. The number of hydrogen-bond acceptors (Lipinski definition) is 6. The molecule has 0 amide bonds. The summed E-state index contributed by atoms with van der Waals surface area (Å²) in [4.78, 5) is 5.05. The van der Waals surface area contributed by atoms with Crippen LogP contribution in [0.4, 0.5) is 5.82 Å². The van der Waals surface area contributed by atoms with Crippen molar-refractivity contribution in [2.75, 3.05) is 5.43 Å². The van der Waals surface area contributed by atoms with E-state index in [0.717, 1.165) is 15.7 Å². The normalized spacial score (nSPS) is 10.7. The topological polar surface area (TPSA) is 81.1 Å². The molecule has 6 nitrogen and oxygen atoms in total. The fraction of sp³-hybridized carbons (Fsp3) is 0. The van der Waals surface area contributed by atoms with Crippen LogP contribution in [-0.4, -0.2) is 19.6 Å². The Morgan fingerprint density at radius 1 is 1.22 bits per heavy atom. The monoisotopic (exact) mass is 258 g/mol. The molecule has 0 saturated heterocycles. The van der Waals surface area contributed by atoms with Crippen LogP contribution in [-0.2, 0) is 0 Å². The van der Waals surface area contributed by atoms with Crippen molar-refractivity contribution in [3.8, 4) is 0 Å². The molecule has 0 atom stereocenters. The minimum atomic E-state index is 0.619. The highest BCUT2D eigenvalue weighted by Crippen LogP contribution is 2.27. The van der Waals surface area contributed by atoms with Gasteiger partial charge in [0, 0.05) is 17.3 Å². The molecule has 0 saturated carbocycles. The van der Waals surface area contributed by atoms with E-state index >= 15 is 0 Å². The Morgan fingerprint density at radius 3 is 3.06 bits per heavy atom. The smallest absolute Gasteiger partial charge is 0.200 e. The fourth-order valence-corrected chi connectivity index (χ4v) is 2.39. The van der Waals surface area contributed by atoms with Crippen molar-refractivity contribution in [2.45, 2.75) is 10.1 Å². The van der Waals surface area contributed by atoms with Crippen molar-refractivity contribution < 1.29 is 0 Å². The zero-order valence-corrected chi connectivity index (χ0v) is 10.1. The van der Waals surface area contributed by atoms with Gasteiger partial charge in [0.1, 0.15) is 5.82 Å². The first kappa shape index (κ1) is 11.0. The van der Waals surface area contributed by atoms with Gasteiger partial charge < -0.3 is 5.43 Å². The van der Waals surface area contributed by atoms with Crippen LogP contribution in [0.2, 0.25) is 0 Å². The maximum atomic E-state index is 5.33. The first-order chi connectivity index (χ1) is 8.86. The molecular formula is C11H10N6S. The lowest BCUT2D eigenvalue weighted by atomic mass is 10.5. The number of hydrazine groups is 1. The number of nitrogen functional groups attached to an aromatic ring is 1. The van der Waals surface area contributed by atoms with Crippen molar-refractivity contribution >= 4 is 23.2 Å². The number of nitrogens with one attached hydrogen (secondary N) is 1.